The average molecular weight is 774 g/mol. The van der Waals surface area contributed by atoms with Crippen LogP contribution in [0.2, 0.25) is 0 Å². The Bertz CT molecular complexity index is 1870. The monoisotopic (exact) mass is 773 g/mol. The number of fused-ring (bicyclic) bond motifs is 2. The van der Waals surface area contributed by atoms with Gasteiger partial charge in [-0.1, -0.05) is 62.0 Å². The SMILES string of the molecule is C=C1[C@@H](OC(=O)C[C@H](c2ccccc2)N(C)C)C[C@H](OC(C)=O)[C@]2(C)[C@@H]1C[C@]1(C(C)(C)O)C[C@H](OC(C)=O)C(C)=C1[C@@H](OC(=O)c1ccccc1)[C@@H]2OC(C)=O. The fourth-order valence-corrected chi connectivity index (χ4v) is 9.37. The molecule has 0 spiro atoms. The first-order valence-corrected chi connectivity index (χ1v) is 19.0. The van der Waals surface area contributed by atoms with E-state index in [1.165, 1.54) is 20.8 Å². The summed E-state index contributed by atoms with van der Waals surface area (Å²) in [7, 11) is 3.75. The molecule has 0 aliphatic heterocycles. The summed E-state index contributed by atoms with van der Waals surface area (Å²) in [5, 5.41) is 12.3. The Hall–Kier alpha value is -4.81. The molecule has 2 aromatic rings. The van der Waals surface area contributed by atoms with E-state index < -0.39 is 82.7 Å². The van der Waals surface area contributed by atoms with Gasteiger partial charge < -0.3 is 33.7 Å². The highest BCUT2D eigenvalue weighted by molar-refractivity contribution is 5.89. The lowest BCUT2D eigenvalue weighted by Crippen LogP contribution is -2.60. The lowest BCUT2D eigenvalue weighted by molar-refractivity contribution is -0.198. The Morgan fingerprint density at radius 3 is 1.95 bits per heavy atom. The Morgan fingerprint density at radius 2 is 1.41 bits per heavy atom. The molecule has 3 aliphatic carbocycles. The molecule has 2 saturated carbocycles. The van der Waals surface area contributed by atoms with Gasteiger partial charge in [-0.15, -0.1) is 0 Å². The third kappa shape index (κ3) is 8.18. The Morgan fingerprint density at radius 1 is 0.839 bits per heavy atom. The van der Waals surface area contributed by atoms with E-state index in [0.717, 1.165) is 5.56 Å². The molecule has 3 aliphatic rings. The minimum absolute atomic E-state index is 0.0122. The van der Waals surface area contributed by atoms with Crippen molar-refractivity contribution in [1.82, 2.24) is 4.90 Å². The zero-order valence-corrected chi connectivity index (χ0v) is 33.8. The van der Waals surface area contributed by atoms with Crippen LogP contribution in [0, 0.1) is 16.7 Å². The lowest BCUT2D eigenvalue weighted by atomic mass is 9.56. The van der Waals surface area contributed by atoms with Crippen molar-refractivity contribution in [1.29, 1.82) is 0 Å². The molecule has 0 radical (unpaired) electrons. The van der Waals surface area contributed by atoms with Crippen molar-refractivity contribution in [3.63, 3.8) is 0 Å². The molecule has 56 heavy (non-hydrogen) atoms. The first kappa shape index (κ1) is 42.3. The molecule has 2 aromatic carbocycles. The highest BCUT2D eigenvalue weighted by atomic mass is 16.6. The van der Waals surface area contributed by atoms with Crippen LogP contribution in [-0.2, 0) is 42.9 Å². The van der Waals surface area contributed by atoms with Crippen LogP contribution in [0.5, 0.6) is 0 Å². The van der Waals surface area contributed by atoms with Crippen molar-refractivity contribution < 1.29 is 52.8 Å². The molecule has 302 valence electrons. The summed E-state index contributed by atoms with van der Waals surface area (Å²) in [5.41, 5.74) is -1.66. The number of nitrogens with zero attached hydrogens (tertiary/aromatic N) is 1. The highest BCUT2D eigenvalue weighted by Gasteiger charge is 2.69. The molecule has 9 atom stereocenters. The van der Waals surface area contributed by atoms with E-state index in [1.54, 1.807) is 58.0 Å². The molecule has 0 unspecified atom stereocenters. The average Bonchev–Trinajstić information content (AvgIpc) is 3.35. The van der Waals surface area contributed by atoms with Gasteiger partial charge in [-0.05, 0) is 81.6 Å². The number of benzene rings is 2. The summed E-state index contributed by atoms with van der Waals surface area (Å²) in [5.74, 6) is -3.89. The summed E-state index contributed by atoms with van der Waals surface area (Å²) < 4.78 is 30.9. The van der Waals surface area contributed by atoms with Crippen molar-refractivity contribution in [3.8, 4) is 0 Å². The maximum Gasteiger partial charge on any atom is 0.338 e. The van der Waals surface area contributed by atoms with Crippen molar-refractivity contribution in [2.24, 2.45) is 16.7 Å². The van der Waals surface area contributed by atoms with Crippen molar-refractivity contribution in [2.45, 2.75) is 116 Å². The van der Waals surface area contributed by atoms with Crippen molar-refractivity contribution >= 4 is 29.8 Å². The number of rotatable bonds is 11. The number of hydrogen-bond acceptors (Lipinski definition) is 12. The van der Waals surface area contributed by atoms with Gasteiger partial charge in [-0.25, -0.2) is 4.79 Å². The highest BCUT2D eigenvalue weighted by Crippen LogP contribution is 2.65. The van der Waals surface area contributed by atoms with Crippen LogP contribution in [0.15, 0.2) is 84.0 Å². The van der Waals surface area contributed by atoms with E-state index in [4.69, 9.17) is 23.7 Å². The number of carbonyl (C=O) groups excluding carboxylic acids is 5. The van der Waals surface area contributed by atoms with Crippen LogP contribution in [0.25, 0.3) is 0 Å². The quantitative estimate of drug-likeness (QED) is 0.160. The van der Waals surface area contributed by atoms with Crippen LogP contribution in [0.1, 0.15) is 96.1 Å². The fraction of sp³-hybridized carbons (Fsp3) is 0.523. The molecular formula is C44H55NO11. The summed E-state index contributed by atoms with van der Waals surface area (Å²) in [6, 6.07) is 17.6. The number of aliphatic hydroxyl groups is 1. The van der Waals surface area contributed by atoms with E-state index >= 15 is 0 Å². The Kier molecular flexibility index (Phi) is 12.4. The predicted molar refractivity (Wildman–Crippen MR) is 206 cm³/mol. The second-order valence-electron chi connectivity index (χ2n) is 16.4. The largest absolute Gasteiger partial charge is 0.462 e. The van der Waals surface area contributed by atoms with E-state index in [2.05, 4.69) is 6.58 Å². The van der Waals surface area contributed by atoms with E-state index in [9.17, 15) is 29.1 Å². The fourth-order valence-electron chi connectivity index (χ4n) is 9.37. The summed E-state index contributed by atoms with van der Waals surface area (Å²) in [6.45, 7) is 15.1. The smallest absolute Gasteiger partial charge is 0.338 e. The minimum atomic E-state index is -1.57. The molecule has 5 rings (SSSR count). The minimum Gasteiger partial charge on any atom is -0.462 e. The summed E-state index contributed by atoms with van der Waals surface area (Å²) in [4.78, 5) is 68.5. The number of ether oxygens (including phenoxy) is 5. The van der Waals surface area contributed by atoms with Crippen LogP contribution in [0.4, 0.5) is 0 Å². The normalized spacial score (nSPS) is 29.3. The van der Waals surface area contributed by atoms with Gasteiger partial charge in [0.25, 0.3) is 0 Å². The van der Waals surface area contributed by atoms with Gasteiger partial charge in [0.05, 0.1) is 23.0 Å². The van der Waals surface area contributed by atoms with E-state index in [1.807, 2.05) is 49.3 Å². The second kappa shape index (κ2) is 16.3. The molecule has 12 nitrogen and oxygen atoms in total. The lowest BCUT2D eigenvalue weighted by Gasteiger charge is -2.53. The third-order valence-corrected chi connectivity index (χ3v) is 12.2. The molecule has 12 heteroatoms. The van der Waals surface area contributed by atoms with Crippen LogP contribution >= 0.6 is 0 Å². The van der Waals surface area contributed by atoms with E-state index in [-0.39, 0.29) is 37.3 Å². The molecule has 0 heterocycles. The zero-order chi connectivity index (χ0) is 41.3. The molecule has 0 aromatic heterocycles. The first-order chi connectivity index (χ1) is 26.2. The van der Waals surface area contributed by atoms with E-state index in [0.29, 0.717) is 16.7 Å². The number of carbonyl (C=O) groups is 5. The number of hydrogen-bond donors (Lipinski definition) is 1. The maximum atomic E-state index is 14.1. The molecular weight excluding hydrogens is 718 g/mol. The summed E-state index contributed by atoms with van der Waals surface area (Å²) in [6.07, 6.45) is -5.36. The van der Waals surface area contributed by atoms with Gasteiger partial charge in [0, 0.05) is 45.1 Å². The zero-order valence-electron chi connectivity index (χ0n) is 33.8. The van der Waals surface area contributed by atoms with Crippen LogP contribution in [-0.4, -0.2) is 90.1 Å². The molecule has 0 bridgehead atoms. The van der Waals surface area contributed by atoms with Crippen LogP contribution < -0.4 is 0 Å². The maximum absolute atomic E-state index is 14.1. The first-order valence-electron chi connectivity index (χ1n) is 19.0. The molecule has 0 saturated heterocycles. The standard InChI is InChI=1S/C44H55NO11/c1-25-32-23-44(42(6,7)51)24-35(52-27(3)46)26(2)38(44)39(56-41(50)31-19-15-12-16-20-31)40(54-29(5)48)43(32,8)36(53-28(4)47)22-34(25)55-37(49)21-33(45(9)10)30-17-13-11-14-18-30/h11-20,32-36,39-40,51H,1,21-24H2,2-10H3/t32-,33-,34+,35+,36+,39-,40+,43+,44+/m1/s1. The van der Waals surface area contributed by atoms with Gasteiger partial charge in [-0.3, -0.25) is 19.2 Å². The van der Waals surface area contributed by atoms with Crippen LogP contribution in [0.3, 0.4) is 0 Å². The third-order valence-electron chi connectivity index (χ3n) is 12.2. The van der Waals surface area contributed by atoms with Gasteiger partial charge >= 0.3 is 29.8 Å². The predicted octanol–water partition coefficient (Wildman–Crippen LogP) is 6.08. The van der Waals surface area contributed by atoms with Gasteiger partial charge in [0.2, 0.25) is 0 Å². The molecule has 0 amide bonds. The Labute approximate surface area is 329 Å². The summed E-state index contributed by atoms with van der Waals surface area (Å²) >= 11 is 0. The number of esters is 5. The van der Waals surface area contributed by atoms with Gasteiger partial charge in [-0.2, -0.15) is 0 Å². The second-order valence-corrected chi connectivity index (χ2v) is 16.4. The van der Waals surface area contributed by atoms with Gasteiger partial charge in [0.1, 0.15) is 18.3 Å². The molecule has 2 fully saturated rings. The topological polar surface area (TPSA) is 155 Å². The molecule has 1 N–H and O–H groups in total. The Balaban J connectivity index is 1.70. The van der Waals surface area contributed by atoms with Crippen molar-refractivity contribution in [3.05, 3.63) is 95.1 Å². The van der Waals surface area contributed by atoms with Crippen molar-refractivity contribution in [2.75, 3.05) is 14.1 Å². The van der Waals surface area contributed by atoms with Gasteiger partial charge in [0.15, 0.2) is 12.2 Å².